The minimum absolute atomic E-state index is 0.0231. The fourth-order valence-corrected chi connectivity index (χ4v) is 4.16. The molecule has 3 aromatic carbocycles. The molecule has 0 unspecified atom stereocenters. The van der Waals surface area contributed by atoms with Gasteiger partial charge in [0, 0.05) is 37.8 Å². The molecule has 4 rings (SSSR count). The first-order valence-corrected chi connectivity index (χ1v) is 11.0. The summed E-state index contributed by atoms with van der Waals surface area (Å²) in [6.45, 7) is 5.03. The van der Waals surface area contributed by atoms with Gasteiger partial charge in [-0.25, -0.2) is 9.18 Å². The Balaban J connectivity index is 1.36. The van der Waals surface area contributed by atoms with Crippen molar-refractivity contribution in [3.05, 3.63) is 95.3 Å². The predicted octanol–water partition coefficient (Wildman–Crippen LogP) is 5.21. The molecule has 1 saturated heterocycles. The van der Waals surface area contributed by atoms with E-state index >= 15 is 0 Å². The number of benzene rings is 3. The molecule has 0 N–H and O–H groups in total. The Morgan fingerprint density at radius 3 is 2.61 bits per heavy atom. The van der Waals surface area contributed by atoms with Crippen LogP contribution < -0.4 is 0 Å². The maximum atomic E-state index is 14.4. The summed E-state index contributed by atoms with van der Waals surface area (Å²) in [7, 11) is 0. The van der Waals surface area contributed by atoms with Crippen molar-refractivity contribution in [1.82, 2.24) is 9.80 Å². The molecule has 1 aliphatic rings. The maximum absolute atomic E-state index is 14.4. The monoisotopic (exact) mass is 443 g/mol. The number of rotatable bonds is 5. The van der Waals surface area contributed by atoms with Gasteiger partial charge in [0.05, 0.1) is 11.6 Å². The Bertz CT molecular complexity index is 1160. The highest BCUT2D eigenvalue weighted by molar-refractivity contribution is 5.68. The van der Waals surface area contributed by atoms with Crippen LogP contribution in [-0.2, 0) is 17.9 Å². The van der Waals surface area contributed by atoms with Crippen molar-refractivity contribution in [3.63, 3.8) is 0 Å². The van der Waals surface area contributed by atoms with E-state index in [-0.39, 0.29) is 24.6 Å². The molecule has 0 aromatic heterocycles. The Labute approximate surface area is 193 Å². The molecule has 1 heterocycles. The van der Waals surface area contributed by atoms with Gasteiger partial charge in [-0.3, -0.25) is 4.90 Å². The van der Waals surface area contributed by atoms with E-state index in [2.05, 4.69) is 11.0 Å². The van der Waals surface area contributed by atoms with E-state index in [4.69, 9.17) is 10.00 Å². The quantitative estimate of drug-likeness (QED) is 0.543. The van der Waals surface area contributed by atoms with Crippen LogP contribution in [0.15, 0.2) is 72.8 Å². The number of ether oxygens (including phenoxy) is 1. The number of carbonyl (C=O) groups is 1. The van der Waals surface area contributed by atoms with E-state index in [0.29, 0.717) is 24.2 Å². The number of halogens is 1. The molecule has 0 aliphatic carbocycles. The van der Waals surface area contributed by atoms with Gasteiger partial charge in [-0.2, -0.15) is 5.26 Å². The van der Waals surface area contributed by atoms with Crippen molar-refractivity contribution in [2.24, 2.45) is 0 Å². The second-order valence-electron chi connectivity index (χ2n) is 8.32. The lowest BCUT2D eigenvalue weighted by Gasteiger charge is -2.39. The van der Waals surface area contributed by atoms with Gasteiger partial charge in [0.2, 0.25) is 0 Å². The van der Waals surface area contributed by atoms with Crippen molar-refractivity contribution < 1.29 is 13.9 Å². The highest BCUT2D eigenvalue weighted by atomic mass is 19.1. The summed E-state index contributed by atoms with van der Waals surface area (Å²) in [4.78, 5) is 16.6. The predicted molar refractivity (Wildman–Crippen MR) is 125 cm³/mol. The first-order chi connectivity index (χ1) is 16.0. The van der Waals surface area contributed by atoms with Crippen LogP contribution in [-0.4, -0.2) is 41.6 Å². The number of hydrogen-bond acceptors (Lipinski definition) is 4. The van der Waals surface area contributed by atoms with E-state index in [1.165, 1.54) is 12.1 Å². The van der Waals surface area contributed by atoms with Crippen LogP contribution in [0.4, 0.5) is 9.18 Å². The van der Waals surface area contributed by atoms with Crippen molar-refractivity contribution in [2.75, 3.05) is 19.6 Å². The van der Waals surface area contributed by atoms with Crippen molar-refractivity contribution in [1.29, 1.82) is 5.26 Å². The average molecular weight is 444 g/mol. The fraction of sp³-hybridized carbons (Fsp3) is 0.259. The van der Waals surface area contributed by atoms with Gasteiger partial charge in [-0.05, 0) is 47.9 Å². The third kappa shape index (κ3) is 5.57. The summed E-state index contributed by atoms with van der Waals surface area (Å²) in [6, 6.07) is 23.9. The van der Waals surface area contributed by atoms with Crippen LogP contribution in [0, 0.1) is 17.1 Å². The number of carbonyl (C=O) groups excluding carboxylic acids is 1. The van der Waals surface area contributed by atoms with Crippen molar-refractivity contribution >= 4 is 6.09 Å². The summed E-state index contributed by atoms with van der Waals surface area (Å²) in [6.07, 6.45) is -0.291. The van der Waals surface area contributed by atoms with Crippen LogP contribution in [0.25, 0.3) is 11.1 Å². The zero-order chi connectivity index (χ0) is 23.2. The smallest absolute Gasteiger partial charge is 0.410 e. The highest BCUT2D eigenvalue weighted by Crippen LogP contribution is 2.26. The molecule has 0 spiro atoms. The van der Waals surface area contributed by atoms with Crippen molar-refractivity contribution in [3.8, 4) is 17.2 Å². The molecule has 0 saturated carbocycles. The number of piperazine rings is 1. The molecule has 1 fully saturated rings. The minimum atomic E-state index is -0.345. The van der Waals surface area contributed by atoms with Crippen LogP contribution in [0.3, 0.4) is 0 Å². The zero-order valence-corrected chi connectivity index (χ0v) is 18.6. The molecule has 6 heteroatoms. The number of amides is 1. The lowest BCUT2D eigenvalue weighted by Crippen LogP contribution is -2.53. The number of nitriles is 1. The highest BCUT2D eigenvalue weighted by Gasteiger charge is 2.28. The maximum Gasteiger partial charge on any atom is 0.410 e. The fourth-order valence-electron chi connectivity index (χ4n) is 4.16. The molecular weight excluding hydrogens is 417 g/mol. The summed E-state index contributed by atoms with van der Waals surface area (Å²) in [5.74, 6) is -0.345. The number of nitrogens with zero attached hydrogens (tertiary/aromatic N) is 3. The molecular formula is C27H26FN3O2. The van der Waals surface area contributed by atoms with Crippen LogP contribution in [0.2, 0.25) is 0 Å². The molecule has 1 amide bonds. The standard InChI is InChI=1S/C27H26FN3O2/c1-20-17-30(12-13-31(20)27(32)33-19-21-6-3-2-4-7-21)18-23-8-5-9-24(14-23)25-15-22(16-29)10-11-26(25)28/h2-11,14-15,20H,12-13,17-19H2,1H3/t20-/m0/s1. The normalized spacial score (nSPS) is 16.3. The Kier molecular flexibility index (Phi) is 7.01. The van der Waals surface area contributed by atoms with Gasteiger partial charge in [-0.15, -0.1) is 0 Å². The molecule has 168 valence electrons. The van der Waals surface area contributed by atoms with E-state index in [0.717, 1.165) is 29.8 Å². The van der Waals surface area contributed by atoms with Crippen LogP contribution >= 0.6 is 0 Å². The molecule has 5 nitrogen and oxygen atoms in total. The minimum Gasteiger partial charge on any atom is -0.445 e. The third-order valence-corrected chi connectivity index (χ3v) is 5.89. The van der Waals surface area contributed by atoms with Gasteiger partial charge >= 0.3 is 6.09 Å². The zero-order valence-electron chi connectivity index (χ0n) is 18.6. The lowest BCUT2D eigenvalue weighted by atomic mass is 10.0. The second-order valence-corrected chi connectivity index (χ2v) is 8.32. The van der Waals surface area contributed by atoms with Crippen molar-refractivity contribution in [2.45, 2.75) is 26.1 Å². The first kappa shape index (κ1) is 22.5. The van der Waals surface area contributed by atoms with E-state index < -0.39 is 0 Å². The molecule has 1 atom stereocenters. The van der Waals surface area contributed by atoms with Gasteiger partial charge < -0.3 is 9.64 Å². The summed E-state index contributed by atoms with van der Waals surface area (Å²) in [5.41, 5.74) is 3.63. The van der Waals surface area contributed by atoms with Gasteiger partial charge in [0.1, 0.15) is 12.4 Å². The van der Waals surface area contributed by atoms with Gasteiger partial charge in [-0.1, -0.05) is 48.5 Å². The van der Waals surface area contributed by atoms with E-state index in [1.807, 2.05) is 61.5 Å². The summed E-state index contributed by atoms with van der Waals surface area (Å²) in [5, 5.41) is 9.13. The average Bonchev–Trinajstić information content (AvgIpc) is 2.84. The Hall–Kier alpha value is -3.69. The second kappa shape index (κ2) is 10.3. The topological polar surface area (TPSA) is 56.6 Å². The first-order valence-electron chi connectivity index (χ1n) is 11.0. The SMILES string of the molecule is C[C@H]1CN(Cc2cccc(-c3cc(C#N)ccc3F)c2)CCN1C(=O)OCc1ccccc1. The molecule has 1 aliphatic heterocycles. The summed E-state index contributed by atoms with van der Waals surface area (Å²) < 4.78 is 19.9. The number of hydrogen-bond donors (Lipinski definition) is 0. The molecule has 0 radical (unpaired) electrons. The van der Waals surface area contributed by atoms with E-state index in [9.17, 15) is 9.18 Å². The Morgan fingerprint density at radius 2 is 1.85 bits per heavy atom. The molecule has 33 heavy (non-hydrogen) atoms. The van der Waals surface area contributed by atoms with Gasteiger partial charge in [0.15, 0.2) is 0 Å². The Morgan fingerprint density at radius 1 is 1.06 bits per heavy atom. The molecule has 0 bridgehead atoms. The lowest BCUT2D eigenvalue weighted by molar-refractivity contribution is 0.0458. The van der Waals surface area contributed by atoms with Crippen LogP contribution in [0.5, 0.6) is 0 Å². The third-order valence-electron chi connectivity index (χ3n) is 5.89. The molecule has 3 aromatic rings. The van der Waals surface area contributed by atoms with Crippen LogP contribution in [0.1, 0.15) is 23.6 Å². The summed E-state index contributed by atoms with van der Waals surface area (Å²) >= 11 is 0. The van der Waals surface area contributed by atoms with Gasteiger partial charge in [0.25, 0.3) is 0 Å². The largest absolute Gasteiger partial charge is 0.445 e. The van der Waals surface area contributed by atoms with E-state index in [1.54, 1.807) is 11.0 Å².